The van der Waals surface area contributed by atoms with Crippen molar-refractivity contribution in [3.05, 3.63) is 72.1 Å². The molecule has 1 amide bonds. The molecule has 0 spiro atoms. The van der Waals surface area contributed by atoms with Crippen molar-refractivity contribution >= 4 is 32.6 Å². The molecule has 0 saturated heterocycles. The SMILES string of the molecule is COc1ccc2nc(N(Cc3ccccn3)C(=O)c3ccc4c(c3)OCCO4)sc2c1. The van der Waals surface area contributed by atoms with E-state index < -0.39 is 0 Å². The average molecular weight is 433 g/mol. The molecule has 31 heavy (non-hydrogen) atoms. The highest BCUT2D eigenvalue weighted by molar-refractivity contribution is 7.22. The van der Waals surface area contributed by atoms with Gasteiger partial charge in [-0.15, -0.1) is 0 Å². The fraction of sp³-hybridized carbons (Fsp3) is 0.174. The first-order valence-corrected chi connectivity index (χ1v) is 10.6. The van der Waals surface area contributed by atoms with Crippen LogP contribution >= 0.6 is 11.3 Å². The van der Waals surface area contributed by atoms with Crippen molar-refractivity contribution in [2.75, 3.05) is 25.2 Å². The maximum atomic E-state index is 13.6. The van der Waals surface area contributed by atoms with Crippen molar-refractivity contribution in [3.63, 3.8) is 0 Å². The molecule has 0 radical (unpaired) electrons. The van der Waals surface area contributed by atoms with Crippen LogP contribution in [0.4, 0.5) is 5.13 Å². The number of benzene rings is 2. The molecule has 0 aliphatic carbocycles. The van der Waals surface area contributed by atoms with E-state index >= 15 is 0 Å². The third-order valence-electron chi connectivity index (χ3n) is 4.90. The monoisotopic (exact) mass is 433 g/mol. The Morgan fingerprint density at radius 3 is 2.77 bits per heavy atom. The zero-order valence-corrected chi connectivity index (χ0v) is 17.6. The number of carbonyl (C=O) groups is 1. The summed E-state index contributed by atoms with van der Waals surface area (Å²) in [4.78, 5) is 24.3. The lowest BCUT2D eigenvalue weighted by molar-refractivity contribution is 0.0983. The third-order valence-corrected chi connectivity index (χ3v) is 5.94. The molecule has 5 rings (SSSR count). The van der Waals surface area contributed by atoms with Crippen molar-refractivity contribution < 1.29 is 19.0 Å². The van der Waals surface area contributed by atoms with Crippen LogP contribution in [0.1, 0.15) is 16.1 Å². The first-order chi connectivity index (χ1) is 15.2. The predicted molar refractivity (Wildman–Crippen MR) is 118 cm³/mol. The van der Waals surface area contributed by atoms with Gasteiger partial charge in [-0.2, -0.15) is 0 Å². The normalized spacial score (nSPS) is 12.5. The van der Waals surface area contributed by atoms with Gasteiger partial charge in [0.25, 0.3) is 5.91 Å². The molecule has 7 nitrogen and oxygen atoms in total. The Balaban J connectivity index is 1.54. The summed E-state index contributed by atoms with van der Waals surface area (Å²) in [7, 11) is 1.63. The number of ether oxygens (including phenoxy) is 3. The van der Waals surface area contributed by atoms with Crippen LogP contribution in [0.25, 0.3) is 10.2 Å². The largest absolute Gasteiger partial charge is 0.497 e. The maximum absolute atomic E-state index is 13.6. The minimum Gasteiger partial charge on any atom is -0.497 e. The van der Waals surface area contributed by atoms with E-state index in [0.717, 1.165) is 21.7 Å². The van der Waals surface area contributed by atoms with Gasteiger partial charge in [0.1, 0.15) is 19.0 Å². The minimum atomic E-state index is -0.186. The molecule has 4 aromatic rings. The Bertz CT molecular complexity index is 1240. The molecule has 2 aromatic carbocycles. The van der Waals surface area contributed by atoms with Gasteiger partial charge in [-0.3, -0.25) is 14.7 Å². The molecule has 0 N–H and O–H groups in total. The van der Waals surface area contributed by atoms with E-state index in [2.05, 4.69) is 4.98 Å². The van der Waals surface area contributed by atoms with E-state index in [1.54, 1.807) is 36.4 Å². The molecular weight excluding hydrogens is 414 g/mol. The summed E-state index contributed by atoms with van der Waals surface area (Å²) >= 11 is 1.44. The molecule has 0 unspecified atom stereocenters. The number of hydrogen-bond acceptors (Lipinski definition) is 7. The van der Waals surface area contributed by atoms with Gasteiger partial charge in [0.15, 0.2) is 16.6 Å². The second kappa shape index (κ2) is 8.23. The summed E-state index contributed by atoms with van der Waals surface area (Å²) < 4.78 is 17.5. The van der Waals surface area contributed by atoms with Crippen LogP contribution in [-0.2, 0) is 6.54 Å². The number of hydrogen-bond donors (Lipinski definition) is 0. The number of carbonyl (C=O) groups excluding carboxylic acids is 1. The van der Waals surface area contributed by atoms with E-state index in [1.807, 2.05) is 36.4 Å². The summed E-state index contributed by atoms with van der Waals surface area (Å²) in [5.74, 6) is 1.78. The molecule has 1 aliphatic rings. The molecule has 3 heterocycles. The highest BCUT2D eigenvalue weighted by Crippen LogP contribution is 2.35. The minimum absolute atomic E-state index is 0.186. The number of nitrogens with zero attached hydrogens (tertiary/aromatic N) is 3. The Morgan fingerprint density at radius 1 is 1.10 bits per heavy atom. The van der Waals surface area contributed by atoms with Crippen LogP contribution < -0.4 is 19.1 Å². The highest BCUT2D eigenvalue weighted by Gasteiger charge is 2.24. The molecule has 8 heteroatoms. The lowest BCUT2D eigenvalue weighted by Crippen LogP contribution is -2.31. The molecule has 2 aromatic heterocycles. The standard InChI is InChI=1S/C23H19N3O4S/c1-28-17-6-7-18-21(13-17)31-23(25-18)26(14-16-4-2-3-9-24-16)22(27)15-5-8-19-20(12-15)30-11-10-29-19/h2-9,12-13H,10-11,14H2,1H3. The number of amides is 1. The Labute approximate surface area is 182 Å². The number of pyridine rings is 1. The zero-order chi connectivity index (χ0) is 21.2. The van der Waals surface area contributed by atoms with Gasteiger partial charge in [0, 0.05) is 11.8 Å². The second-order valence-corrected chi connectivity index (χ2v) is 7.91. The first kappa shape index (κ1) is 19.3. The van der Waals surface area contributed by atoms with Gasteiger partial charge < -0.3 is 14.2 Å². The van der Waals surface area contributed by atoms with E-state index in [-0.39, 0.29) is 5.91 Å². The van der Waals surface area contributed by atoms with Crippen LogP contribution in [0, 0.1) is 0 Å². The summed E-state index contributed by atoms with van der Waals surface area (Å²) in [6.07, 6.45) is 1.71. The predicted octanol–water partition coefficient (Wildman–Crippen LogP) is 4.32. The van der Waals surface area contributed by atoms with E-state index in [0.29, 0.717) is 42.0 Å². The summed E-state index contributed by atoms with van der Waals surface area (Å²) in [5, 5.41) is 0.591. The van der Waals surface area contributed by atoms with Crippen molar-refractivity contribution in [3.8, 4) is 17.2 Å². The fourth-order valence-electron chi connectivity index (χ4n) is 3.35. The lowest BCUT2D eigenvalue weighted by atomic mass is 10.1. The topological polar surface area (TPSA) is 73.8 Å². The maximum Gasteiger partial charge on any atom is 0.260 e. The van der Waals surface area contributed by atoms with Crippen LogP contribution in [-0.4, -0.2) is 36.2 Å². The van der Waals surface area contributed by atoms with Crippen LogP contribution in [0.5, 0.6) is 17.2 Å². The lowest BCUT2D eigenvalue weighted by Gasteiger charge is -2.22. The molecule has 156 valence electrons. The van der Waals surface area contributed by atoms with Crippen LogP contribution in [0.3, 0.4) is 0 Å². The number of rotatable bonds is 5. The fourth-order valence-corrected chi connectivity index (χ4v) is 4.34. The Morgan fingerprint density at radius 2 is 1.97 bits per heavy atom. The Kier molecular flexibility index (Phi) is 5.13. The summed E-state index contributed by atoms with van der Waals surface area (Å²) in [6, 6.07) is 16.5. The molecule has 0 bridgehead atoms. The van der Waals surface area contributed by atoms with Gasteiger partial charge in [0.05, 0.1) is 29.6 Å². The third kappa shape index (κ3) is 3.89. The van der Waals surface area contributed by atoms with Gasteiger partial charge in [-0.25, -0.2) is 4.98 Å². The zero-order valence-electron chi connectivity index (χ0n) is 16.8. The van der Waals surface area contributed by atoms with Crippen LogP contribution in [0.2, 0.25) is 0 Å². The van der Waals surface area contributed by atoms with E-state index in [1.165, 1.54) is 11.3 Å². The number of aromatic nitrogens is 2. The highest BCUT2D eigenvalue weighted by atomic mass is 32.1. The number of anilines is 1. The molecule has 0 atom stereocenters. The smallest absolute Gasteiger partial charge is 0.260 e. The average Bonchev–Trinajstić information content (AvgIpc) is 3.25. The number of fused-ring (bicyclic) bond motifs is 2. The quantitative estimate of drug-likeness (QED) is 0.467. The summed E-state index contributed by atoms with van der Waals surface area (Å²) in [6.45, 7) is 1.26. The van der Waals surface area contributed by atoms with Crippen molar-refractivity contribution in [2.24, 2.45) is 0 Å². The molecule has 0 fully saturated rings. The number of methoxy groups -OCH3 is 1. The van der Waals surface area contributed by atoms with E-state index in [4.69, 9.17) is 19.2 Å². The second-order valence-electron chi connectivity index (χ2n) is 6.90. The van der Waals surface area contributed by atoms with Gasteiger partial charge in [-0.1, -0.05) is 17.4 Å². The molecular formula is C23H19N3O4S. The van der Waals surface area contributed by atoms with Crippen molar-refractivity contribution in [1.82, 2.24) is 9.97 Å². The summed E-state index contributed by atoms with van der Waals surface area (Å²) in [5.41, 5.74) is 2.07. The van der Waals surface area contributed by atoms with Crippen molar-refractivity contribution in [2.45, 2.75) is 6.54 Å². The van der Waals surface area contributed by atoms with Gasteiger partial charge in [-0.05, 0) is 48.5 Å². The number of thiazole rings is 1. The first-order valence-electron chi connectivity index (χ1n) is 9.77. The van der Waals surface area contributed by atoms with Crippen LogP contribution in [0.15, 0.2) is 60.8 Å². The molecule has 0 saturated carbocycles. The van der Waals surface area contributed by atoms with E-state index in [9.17, 15) is 4.79 Å². The molecule has 1 aliphatic heterocycles. The Hall–Kier alpha value is -3.65. The van der Waals surface area contributed by atoms with Gasteiger partial charge in [0.2, 0.25) is 0 Å². The van der Waals surface area contributed by atoms with Gasteiger partial charge >= 0.3 is 0 Å². The van der Waals surface area contributed by atoms with Crippen molar-refractivity contribution in [1.29, 1.82) is 0 Å².